The third kappa shape index (κ3) is 2.93. The van der Waals surface area contributed by atoms with E-state index >= 15 is 0 Å². The fourth-order valence-corrected chi connectivity index (χ4v) is 1.97. The van der Waals surface area contributed by atoms with Crippen molar-refractivity contribution in [3.05, 3.63) is 58.9 Å². The fraction of sp³-hybridized carbons (Fsp3) is 0.143. The van der Waals surface area contributed by atoms with Crippen LogP contribution in [0, 0.1) is 5.82 Å². The molecule has 0 aromatic heterocycles. The molecule has 0 saturated heterocycles. The number of anilines is 2. The van der Waals surface area contributed by atoms with Crippen LogP contribution in [-0.2, 0) is 6.54 Å². The topological polar surface area (TPSA) is 29.3 Å². The van der Waals surface area contributed by atoms with Gasteiger partial charge in [0, 0.05) is 30.0 Å². The van der Waals surface area contributed by atoms with Gasteiger partial charge in [0.05, 0.1) is 0 Å². The standard InChI is InChI=1S/C14H14ClFN2/c1-18(13-4-2-3-12(16)8-13)9-10-7-11(15)5-6-14(10)17/h2-8H,9,17H2,1H3. The summed E-state index contributed by atoms with van der Waals surface area (Å²) in [6.07, 6.45) is 0. The summed E-state index contributed by atoms with van der Waals surface area (Å²) in [7, 11) is 1.88. The second-order valence-corrected chi connectivity index (χ2v) is 4.62. The van der Waals surface area contributed by atoms with Gasteiger partial charge in [0.1, 0.15) is 5.82 Å². The summed E-state index contributed by atoms with van der Waals surface area (Å²) in [5.74, 6) is -0.251. The normalized spacial score (nSPS) is 10.4. The van der Waals surface area contributed by atoms with Crippen molar-refractivity contribution in [2.45, 2.75) is 6.54 Å². The first-order valence-electron chi connectivity index (χ1n) is 5.57. The molecule has 0 aliphatic heterocycles. The lowest BCUT2D eigenvalue weighted by atomic mass is 10.1. The van der Waals surface area contributed by atoms with E-state index in [-0.39, 0.29) is 5.82 Å². The minimum atomic E-state index is -0.251. The highest BCUT2D eigenvalue weighted by Crippen LogP contribution is 2.22. The Labute approximate surface area is 111 Å². The highest BCUT2D eigenvalue weighted by atomic mass is 35.5. The number of hydrogen-bond acceptors (Lipinski definition) is 2. The van der Waals surface area contributed by atoms with E-state index in [4.69, 9.17) is 17.3 Å². The molecule has 0 aliphatic rings. The van der Waals surface area contributed by atoms with Crippen LogP contribution in [0.2, 0.25) is 5.02 Å². The smallest absolute Gasteiger partial charge is 0.125 e. The maximum absolute atomic E-state index is 13.1. The van der Waals surface area contributed by atoms with Gasteiger partial charge in [-0.3, -0.25) is 0 Å². The molecule has 2 nitrogen and oxygen atoms in total. The first kappa shape index (κ1) is 12.7. The van der Waals surface area contributed by atoms with Gasteiger partial charge in [0.2, 0.25) is 0 Å². The summed E-state index contributed by atoms with van der Waals surface area (Å²) < 4.78 is 13.1. The van der Waals surface area contributed by atoms with Crippen molar-refractivity contribution in [3.63, 3.8) is 0 Å². The Balaban J connectivity index is 2.21. The van der Waals surface area contributed by atoms with Crippen LogP contribution < -0.4 is 10.6 Å². The molecule has 0 spiro atoms. The highest BCUT2D eigenvalue weighted by Gasteiger charge is 2.06. The van der Waals surface area contributed by atoms with Crippen molar-refractivity contribution in [2.75, 3.05) is 17.7 Å². The van der Waals surface area contributed by atoms with E-state index in [9.17, 15) is 4.39 Å². The van der Waals surface area contributed by atoms with Crippen LogP contribution in [0.25, 0.3) is 0 Å². The Kier molecular flexibility index (Phi) is 3.72. The molecule has 0 aliphatic carbocycles. The first-order valence-corrected chi connectivity index (χ1v) is 5.94. The number of nitrogens with two attached hydrogens (primary N) is 1. The second-order valence-electron chi connectivity index (χ2n) is 4.18. The van der Waals surface area contributed by atoms with Gasteiger partial charge in [0.15, 0.2) is 0 Å². The van der Waals surface area contributed by atoms with Crippen LogP contribution in [0.15, 0.2) is 42.5 Å². The molecule has 2 N–H and O–H groups in total. The number of rotatable bonds is 3. The number of hydrogen-bond donors (Lipinski definition) is 1. The summed E-state index contributed by atoms with van der Waals surface area (Å²) in [6, 6.07) is 11.8. The van der Waals surface area contributed by atoms with Gasteiger partial charge in [-0.05, 0) is 42.0 Å². The predicted molar refractivity (Wildman–Crippen MR) is 74.4 cm³/mol. The largest absolute Gasteiger partial charge is 0.398 e. The minimum absolute atomic E-state index is 0.251. The lowest BCUT2D eigenvalue weighted by Gasteiger charge is -2.20. The number of halogens is 2. The van der Waals surface area contributed by atoms with E-state index in [0.29, 0.717) is 17.3 Å². The summed E-state index contributed by atoms with van der Waals surface area (Å²) in [4.78, 5) is 1.92. The molecule has 0 heterocycles. The summed E-state index contributed by atoms with van der Waals surface area (Å²) in [5.41, 5.74) is 8.29. The van der Waals surface area contributed by atoms with Gasteiger partial charge in [-0.2, -0.15) is 0 Å². The second kappa shape index (κ2) is 5.27. The van der Waals surface area contributed by atoms with Gasteiger partial charge in [-0.1, -0.05) is 17.7 Å². The maximum Gasteiger partial charge on any atom is 0.125 e. The molecule has 0 bridgehead atoms. The van der Waals surface area contributed by atoms with E-state index in [2.05, 4.69) is 0 Å². The monoisotopic (exact) mass is 264 g/mol. The quantitative estimate of drug-likeness (QED) is 0.857. The summed E-state index contributed by atoms with van der Waals surface area (Å²) in [5, 5.41) is 0.645. The zero-order chi connectivity index (χ0) is 13.1. The average Bonchev–Trinajstić information content (AvgIpc) is 2.34. The maximum atomic E-state index is 13.1. The van der Waals surface area contributed by atoms with Crippen molar-refractivity contribution < 1.29 is 4.39 Å². The number of benzene rings is 2. The summed E-state index contributed by atoms with van der Waals surface area (Å²) in [6.45, 7) is 0.579. The van der Waals surface area contributed by atoms with E-state index in [1.807, 2.05) is 24.1 Å². The molecule has 94 valence electrons. The molecular formula is C14H14ClFN2. The molecule has 0 amide bonds. The van der Waals surface area contributed by atoms with Crippen LogP contribution in [-0.4, -0.2) is 7.05 Å². The predicted octanol–water partition coefficient (Wildman–Crippen LogP) is 3.70. The Morgan fingerprint density at radius 2 is 2.00 bits per heavy atom. The molecule has 18 heavy (non-hydrogen) atoms. The molecule has 2 aromatic carbocycles. The molecule has 2 aromatic rings. The van der Waals surface area contributed by atoms with E-state index in [0.717, 1.165) is 11.3 Å². The Morgan fingerprint density at radius 1 is 1.22 bits per heavy atom. The zero-order valence-electron chi connectivity index (χ0n) is 10.0. The lowest BCUT2D eigenvalue weighted by Crippen LogP contribution is -2.17. The highest BCUT2D eigenvalue weighted by molar-refractivity contribution is 6.30. The molecule has 0 unspecified atom stereocenters. The Bertz CT molecular complexity index is 557. The number of nitrogens with zero attached hydrogens (tertiary/aromatic N) is 1. The SMILES string of the molecule is CN(Cc1cc(Cl)ccc1N)c1cccc(F)c1. The van der Waals surface area contributed by atoms with Gasteiger partial charge in [0.25, 0.3) is 0 Å². The Hall–Kier alpha value is -1.74. The van der Waals surface area contributed by atoms with Crippen molar-refractivity contribution >= 4 is 23.0 Å². The van der Waals surface area contributed by atoms with E-state index in [1.54, 1.807) is 18.2 Å². The van der Waals surface area contributed by atoms with Crippen LogP contribution in [0.5, 0.6) is 0 Å². The number of nitrogen functional groups attached to an aromatic ring is 1. The Morgan fingerprint density at radius 3 is 2.72 bits per heavy atom. The average molecular weight is 265 g/mol. The third-order valence-electron chi connectivity index (χ3n) is 2.76. The molecule has 0 atom stereocenters. The van der Waals surface area contributed by atoms with Crippen LogP contribution in [0.4, 0.5) is 15.8 Å². The molecule has 0 radical (unpaired) electrons. The van der Waals surface area contributed by atoms with Crippen LogP contribution in [0.3, 0.4) is 0 Å². The molecule has 2 rings (SSSR count). The van der Waals surface area contributed by atoms with Crippen molar-refractivity contribution in [1.82, 2.24) is 0 Å². The van der Waals surface area contributed by atoms with Crippen LogP contribution >= 0.6 is 11.6 Å². The van der Waals surface area contributed by atoms with E-state index < -0.39 is 0 Å². The fourth-order valence-electron chi connectivity index (χ4n) is 1.77. The summed E-state index contributed by atoms with van der Waals surface area (Å²) >= 11 is 5.94. The van der Waals surface area contributed by atoms with Crippen molar-refractivity contribution in [1.29, 1.82) is 0 Å². The van der Waals surface area contributed by atoms with Crippen molar-refractivity contribution in [3.8, 4) is 0 Å². The van der Waals surface area contributed by atoms with Crippen LogP contribution in [0.1, 0.15) is 5.56 Å². The molecule has 0 saturated carbocycles. The molecule has 0 fully saturated rings. The molecular weight excluding hydrogens is 251 g/mol. The third-order valence-corrected chi connectivity index (χ3v) is 3.00. The first-order chi connectivity index (χ1) is 8.56. The van der Waals surface area contributed by atoms with Crippen molar-refractivity contribution in [2.24, 2.45) is 0 Å². The lowest BCUT2D eigenvalue weighted by molar-refractivity contribution is 0.627. The zero-order valence-corrected chi connectivity index (χ0v) is 10.8. The van der Waals surface area contributed by atoms with E-state index in [1.165, 1.54) is 12.1 Å². The van der Waals surface area contributed by atoms with Gasteiger partial charge in [-0.25, -0.2) is 4.39 Å². The molecule has 4 heteroatoms. The van der Waals surface area contributed by atoms with Gasteiger partial charge >= 0.3 is 0 Å². The van der Waals surface area contributed by atoms with Gasteiger partial charge in [-0.15, -0.1) is 0 Å². The van der Waals surface area contributed by atoms with Gasteiger partial charge < -0.3 is 10.6 Å². The minimum Gasteiger partial charge on any atom is -0.398 e.